The van der Waals surface area contributed by atoms with Crippen molar-refractivity contribution in [1.82, 2.24) is 4.57 Å². The molecule has 0 radical (unpaired) electrons. The van der Waals surface area contributed by atoms with Gasteiger partial charge < -0.3 is 4.74 Å². The predicted molar refractivity (Wildman–Crippen MR) is 270 cm³/mol. The highest BCUT2D eigenvalue weighted by Crippen LogP contribution is 2.55. The molecule has 7 aromatic carbocycles. The molecule has 1 atom stereocenters. The van der Waals surface area contributed by atoms with Gasteiger partial charge >= 0.3 is 11.7 Å². The summed E-state index contributed by atoms with van der Waals surface area (Å²) in [5.41, 5.74) is 22.5. The van der Waals surface area contributed by atoms with E-state index in [9.17, 15) is 0 Å². The van der Waals surface area contributed by atoms with E-state index in [1.165, 1.54) is 77.8 Å². The third kappa shape index (κ3) is 5.57. The number of aromatic nitrogens is 3. The highest BCUT2D eigenvalue weighted by Gasteiger charge is 2.69. The number of benzene rings is 7. The van der Waals surface area contributed by atoms with E-state index in [1.807, 2.05) is 0 Å². The van der Waals surface area contributed by atoms with Crippen molar-refractivity contribution >= 4 is 11.0 Å². The van der Waals surface area contributed by atoms with Crippen LogP contribution in [0, 0.1) is 19.3 Å². The van der Waals surface area contributed by atoms with Gasteiger partial charge in [-0.25, -0.2) is 0 Å². The van der Waals surface area contributed by atoms with Crippen LogP contribution < -0.4 is 13.9 Å². The van der Waals surface area contributed by atoms with Crippen LogP contribution in [0.3, 0.4) is 0 Å². The fourth-order valence-electron chi connectivity index (χ4n) is 11.0. The SMILES string of the molecule is Cc1cc(C)c2c(c1)-c1n(-c3ccc(C(C)(C)C(C)(C)C)cc3-c3ccccc3)c3cccc4c3[n+]1C1(O2)c2c-4cc(C(C)(C)C)cc2-c2cc(-c3ccc(-c4ccccc4)cc3)cc[n+]21. The molecule has 0 bridgehead atoms. The normalized spacial score (nSPS) is 15.6. The zero-order valence-corrected chi connectivity index (χ0v) is 39.8. The molecule has 4 nitrogen and oxygen atoms in total. The fourth-order valence-corrected chi connectivity index (χ4v) is 11.0. The van der Waals surface area contributed by atoms with Crippen LogP contribution in [-0.4, -0.2) is 4.57 Å². The second-order valence-corrected chi connectivity index (χ2v) is 21.6. The Hall–Kier alpha value is -7.04. The van der Waals surface area contributed by atoms with Crippen molar-refractivity contribution < 1.29 is 13.9 Å². The van der Waals surface area contributed by atoms with E-state index in [4.69, 9.17) is 4.74 Å². The van der Waals surface area contributed by atoms with Crippen molar-refractivity contribution in [2.24, 2.45) is 5.41 Å². The number of hydrogen-bond acceptors (Lipinski definition) is 1. The summed E-state index contributed by atoms with van der Waals surface area (Å²) < 4.78 is 15.5. The minimum atomic E-state index is -1.05. The van der Waals surface area contributed by atoms with E-state index in [0.717, 1.165) is 39.6 Å². The van der Waals surface area contributed by atoms with E-state index < -0.39 is 5.85 Å². The van der Waals surface area contributed by atoms with Crippen LogP contribution in [0.1, 0.15) is 83.2 Å². The quantitative estimate of drug-likeness (QED) is 0.158. The molecular formula is C62H57N3O+2. The molecular weight excluding hydrogens is 803 g/mol. The molecule has 0 fully saturated rings. The summed E-state index contributed by atoms with van der Waals surface area (Å²) in [6, 6.07) is 59.0. The number of para-hydroxylation sites is 1. The Balaban J connectivity index is 1.19. The highest BCUT2D eigenvalue weighted by molar-refractivity contribution is 5.98. The zero-order chi connectivity index (χ0) is 45.7. The van der Waals surface area contributed by atoms with Crippen LogP contribution in [-0.2, 0) is 16.7 Å². The van der Waals surface area contributed by atoms with Crippen molar-refractivity contribution in [2.45, 2.75) is 85.9 Å². The van der Waals surface area contributed by atoms with Crippen molar-refractivity contribution in [2.75, 3.05) is 0 Å². The maximum atomic E-state index is 7.90. The zero-order valence-electron chi connectivity index (χ0n) is 39.8. The average Bonchev–Trinajstić information content (AvgIpc) is 3.80. The molecule has 0 aliphatic carbocycles. The van der Waals surface area contributed by atoms with Gasteiger partial charge in [-0.3, -0.25) is 0 Å². The molecule has 0 N–H and O–H groups in total. The van der Waals surface area contributed by atoms with Gasteiger partial charge in [-0.2, -0.15) is 4.57 Å². The summed E-state index contributed by atoms with van der Waals surface area (Å²) in [6.07, 6.45) is 2.29. The summed E-state index contributed by atoms with van der Waals surface area (Å²) in [6.45, 7) is 23.2. The summed E-state index contributed by atoms with van der Waals surface area (Å²) in [7, 11) is 0. The topological polar surface area (TPSA) is 21.9 Å². The molecule has 66 heavy (non-hydrogen) atoms. The monoisotopic (exact) mass is 859 g/mol. The van der Waals surface area contributed by atoms with Crippen LogP contribution in [0.5, 0.6) is 5.75 Å². The summed E-state index contributed by atoms with van der Waals surface area (Å²) in [5.74, 6) is 0.980. The average molecular weight is 860 g/mol. The molecule has 1 spiro atoms. The molecule has 3 aliphatic heterocycles. The van der Waals surface area contributed by atoms with Gasteiger partial charge in [-0.15, -0.1) is 9.13 Å². The van der Waals surface area contributed by atoms with E-state index >= 15 is 0 Å². The van der Waals surface area contributed by atoms with Crippen molar-refractivity contribution in [3.8, 4) is 78.6 Å². The molecule has 1 unspecified atom stereocenters. The Morgan fingerprint density at radius 1 is 0.515 bits per heavy atom. The van der Waals surface area contributed by atoms with Gasteiger partial charge in [0.05, 0.1) is 5.56 Å². The Labute approximate surface area is 389 Å². The van der Waals surface area contributed by atoms with Crippen LogP contribution in [0.25, 0.3) is 83.9 Å². The van der Waals surface area contributed by atoms with Crippen molar-refractivity contribution in [3.63, 3.8) is 0 Å². The summed E-state index contributed by atoms with van der Waals surface area (Å²) in [4.78, 5) is 0. The predicted octanol–water partition coefficient (Wildman–Crippen LogP) is 14.7. The number of pyridine rings is 1. The largest absolute Gasteiger partial charge is 0.499 e. The van der Waals surface area contributed by atoms with Gasteiger partial charge in [0.1, 0.15) is 16.8 Å². The van der Waals surface area contributed by atoms with Crippen molar-refractivity contribution in [1.29, 1.82) is 0 Å². The second kappa shape index (κ2) is 13.7. The molecule has 12 rings (SSSR count). The van der Waals surface area contributed by atoms with Gasteiger partial charge in [0.25, 0.3) is 0 Å². The van der Waals surface area contributed by atoms with Crippen molar-refractivity contribution in [3.05, 3.63) is 192 Å². The first-order valence-electron chi connectivity index (χ1n) is 23.6. The lowest BCUT2D eigenvalue weighted by molar-refractivity contribution is -0.997. The standard InChI is InChI=1S/C62H57N3O/c1-38-32-39(2)57-51(33-38)58-64(52-29-28-45(61(9,10)60(6,7)8)35-48(52)43-20-15-12-16-21-43)53-23-17-22-47-49-36-46(59(3,4)5)37-50-54-34-44(42-26-24-41(25-27-42)40-18-13-11-14-19-40)30-31-63(54)62(66-57,55(49)50)65(58)56(47)53/h11-37H,1-10H3/q+2. The third-order valence-corrected chi connectivity index (χ3v) is 15.5. The lowest BCUT2D eigenvalue weighted by atomic mass is 9.65. The maximum absolute atomic E-state index is 7.90. The van der Waals surface area contributed by atoms with Crippen LogP contribution in [0.2, 0.25) is 0 Å². The molecule has 324 valence electrons. The highest BCUT2D eigenvalue weighted by atomic mass is 16.5. The molecule has 0 amide bonds. The lowest BCUT2D eigenvalue weighted by Crippen LogP contribution is -2.78. The molecule has 4 heteroatoms. The van der Waals surface area contributed by atoms with Gasteiger partial charge in [0.15, 0.2) is 23.0 Å². The van der Waals surface area contributed by atoms with Gasteiger partial charge in [0, 0.05) is 28.8 Å². The van der Waals surface area contributed by atoms with Crippen LogP contribution in [0.4, 0.5) is 0 Å². The van der Waals surface area contributed by atoms with Crippen LogP contribution in [0.15, 0.2) is 164 Å². The first kappa shape index (κ1) is 40.5. The smallest absolute Gasteiger partial charge is 0.392 e. The lowest BCUT2D eigenvalue weighted by Gasteiger charge is -2.39. The first-order chi connectivity index (χ1) is 31.6. The molecule has 2 aromatic heterocycles. The Morgan fingerprint density at radius 2 is 1.15 bits per heavy atom. The number of imidazole rings is 1. The van der Waals surface area contributed by atoms with E-state index in [-0.39, 0.29) is 16.2 Å². The number of aryl methyl sites for hydroxylation is 2. The number of fused-ring (bicyclic) bond motifs is 5. The van der Waals surface area contributed by atoms with Gasteiger partial charge in [-0.05, 0) is 123 Å². The Morgan fingerprint density at radius 3 is 1.83 bits per heavy atom. The molecule has 0 saturated carbocycles. The molecule has 0 saturated heterocycles. The Bertz CT molecular complexity index is 3490. The molecule has 9 aromatic rings. The second-order valence-electron chi connectivity index (χ2n) is 21.6. The number of rotatable bonds is 5. The number of nitrogens with zero attached hydrogens (tertiary/aromatic N) is 3. The van der Waals surface area contributed by atoms with E-state index in [1.54, 1.807) is 0 Å². The van der Waals surface area contributed by atoms with E-state index in [0.29, 0.717) is 0 Å². The molecule has 5 heterocycles. The first-order valence-corrected chi connectivity index (χ1v) is 23.6. The van der Waals surface area contributed by atoms with E-state index in [2.05, 4.69) is 247 Å². The summed E-state index contributed by atoms with van der Waals surface area (Å²) in [5, 5.41) is 0. The maximum Gasteiger partial charge on any atom is 0.499 e. The van der Waals surface area contributed by atoms with Gasteiger partial charge in [0.2, 0.25) is 5.69 Å². The van der Waals surface area contributed by atoms with Crippen LogP contribution >= 0.6 is 0 Å². The third-order valence-electron chi connectivity index (χ3n) is 15.5. The number of ether oxygens (including phenoxy) is 1. The minimum absolute atomic E-state index is 0.0387. The summed E-state index contributed by atoms with van der Waals surface area (Å²) >= 11 is 0. The molecule has 3 aliphatic rings. The minimum Gasteiger partial charge on any atom is -0.392 e. The fraction of sp³-hybridized carbons (Fsp3) is 0.226. The number of hydrogen-bond donors (Lipinski definition) is 0. The van der Waals surface area contributed by atoms with Gasteiger partial charge in [-0.1, -0.05) is 159 Å². The Kier molecular flexibility index (Phi) is 8.43.